The first-order valence-electron chi connectivity index (χ1n) is 8.02. The Morgan fingerprint density at radius 1 is 1.16 bits per heavy atom. The first-order valence-corrected chi connectivity index (χ1v) is 8.02. The number of nitrogens with zero attached hydrogens (tertiary/aromatic N) is 2. The highest BCUT2D eigenvalue weighted by Gasteiger charge is 2.07. The van der Waals surface area contributed by atoms with Crippen LogP contribution < -0.4 is 10.9 Å². The van der Waals surface area contributed by atoms with Gasteiger partial charge in [-0.25, -0.2) is 4.98 Å². The molecule has 6 heteroatoms. The third kappa shape index (κ3) is 2.89. The van der Waals surface area contributed by atoms with Crippen LogP contribution in [0, 0.1) is 0 Å². The molecule has 0 aliphatic rings. The van der Waals surface area contributed by atoms with E-state index in [4.69, 9.17) is 0 Å². The normalized spacial score (nSPS) is 11.0. The molecule has 2 N–H and O–H groups in total. The lowest BCUT2D eigenvalue weighted by Crippen LogP contribution is -2.31. The van der Waals surface area contributed by atoms with Crippen LogP contribution in [0.3, 0.4) is 0 Å². The van der Waals surface area contributed by atoms with Crippen molar-refractivity contribution in [3.8, 4) is 0 Å². The average molecular weight is 332 g/mol. The van der Waals surface area contributed by atoms with Crippen LogP contribution in [0.2, 0.25) is 0 Å². The number of H-pyrrole nitrogens is 1. The fraction of sp³-hybridized carbons (Fsp3) is 0.105. The Kier molecular flexibility index (Phi) is 3.78. The van der Waals surface area contributed by atoms with Crippen molar-refractivity contribution in [2.75, 3.05) is 6.54 Å². The van der Waals surface area contributed by atoms with Crippen LogP contribution >= 0.6 is 0 Å². The standard InChI is InChI=1S/C19H16N4O2/c24-18(14-6-5-13-7-8-20-17(13)11-14)21-9-10-23-12-22-16-4-2-1-3-15(16)19(23)25/h1-8,11-12,20H,9-10H2,(H,21,24). The van der Waals surface area contributed by atoms with E-state index in [0.717, 1.165) is 10.9 Å². The lowest BCUT2D eigenvalue weighted by atomic mass is 10.1. The van der Waals surface area contributed by atoms with Gasteiger partial charge in [0.2, 0.25) is 0 Å². The zero-order valence-corrected chi connectivity index (χ0v) is 13.4. The van der Waals surface area contributed by atoms with Gasteiger partial charge in [0.1, 0.15) is 0 Å². The van der Waals surface area contributed by atoms with Crippen LogP contribution in [0.1, 0.15) is 10.4 Å². The van der Waals surface area contributed by atoms with Crippen molar-refractivity contribution in [3.05, 3.63) is 77.0 Å². The molecule has 2 aromatic heterocycles. The molecule has 0 unspecified atom stereocenters. The smallest absolute Gasteiger partial charge is 0.261 e. The molecule has 0 saturated carbocycles. The molecule has 0 spiro atoms. The Hall–Kier alpha value is -3.41. The quantitative estimate of drug-likeness (QED) is 0.602. The van der Waals surface area contributed by atoms with Gasteiger partial charge >= 0.3 is 0 Å². The van der Waals surface area contributed by atoms with E-state index < -0.39 is 0 Å². The van der Waals surface area contributed by atoms with Crippen molar-refractivity contribution in [1.29, 1.82) is 0 Å². The summed E-state index contributed by atoms with van der Waals surface area (Å²) >= 11 is 0. The number of carbonyl (C=O) groups excluding carboxylic acids is 1. The van der Waals surface area contributed by atoms with Crippen molar-refractivity contribution in [2.24, 2.45) is 0 Å². The van der Waals surface area contributed by atoms with Gasteiger partial charge in [0.05, 0.1) is 17.2 Å². The number of carbonyl (C=O) groups is 1. The maximum Gasteiger partial charge on any atom is 0.261 e. The molecule has 4 aromatic rings. The van der Waals surface area contributed by atoms with E-state index >= 15 is 0 Å². The molecule has 6 nitrogen and oxygen atoms in total. The molecule has 124 valence electrons. The minimum absolute atomic E-state index is 0.104. The third-order valence-corrected chi connectivity index (χ3v) is 4.19. The lowest BCUT2D eigenvalue weighted by Gasteiger charge is -2.08. The van der Waals surface area contributed by atoms with Crippen molar-refractivity contribution >= 4 is 27.7 Å². The van der Waals surface area contributed by atoms with Crippen molar-refractivity contribution in [1.82, 2.24) is 19.9 Å². The molecule has 0 aliphatic carbocycles. The monoisotopic (exact) mass is 332 g/mol. The minimum Gasteiger partial charge on any atom is -0.361 e. The molecule has 0 fully saturated rings. The predicted octanol–water partition coefficient (Wildman–Crippen LogP) is 2.31. The molecule has 1 amide bonds. The van der Waals surface area contributed by atoms with Gasteiger partial charge < -0.3 is 10.3 Å². The summed E-state index contributed by atoms with van der Waals surface area (Å²) < 4.78 is 1.51. The van der Waals surface area contributed by atoms with Crippen molar-refractivity contribution < 1.29 is 4.79 Å². The third-order valence-electron chi connectivity index (χ3n) is 4.19. The molecule has 0 bridgehead atoms. The van der Waals surface area contributed by atoms with E-state index in [-0.39, 0.29) is 11.5 Å². The number of nitrogens with one attached hydrogen (secondary N) is 2. The van der Waals surface area contributed by atoms with Gasteiger partial charge in [-0.3, -0.25) is 14.2 Å². The second-order valence-corrected chi connectivity index (χ2v) is 5.80. The number of amides is 1. The minimum atomic E-state index is -0.168. The molecular formula is C19H16N4O2. The molecule has 2 heterocycles. The van der Waals surface area contributed by atoms with Gasteiger partial charge in [-0.05, 0) is 35.7 Å². The molecule has 0 atom stereocenters. The zero-order chi connectivity index (χ0) is 17.2. The van der Waals surface area contributed by atoms with Gasteiger partial charge in [-0.1, -0.05) is 18.2 Å². The first-order chi connectivity index (χ1) is 12.2. The van der Waals surface area contributed by atoms with Crippen LogP contribution in [-0.4, -0.2) is 27.0 Å². The Morgan fingerprint density at radius 2 is 2.04 bits per heavy atom. The number of hydrogen-bond acceptors (Lipinski definition) is 3. The first kappa shape index (κ1) is 15.1. The van der Waals surface area contributed by atoms with Crippen LogP contribution in [0.4, 0.5) is 0 Å². The summed E-state index contributed by atoms with van der Waals surface area (Å²) in [5.41, 5.74) is 2.07. The highest BCUT2D eigenvalue weighted by Crippen LogP contribution is 2.14. The number of aromatic nitrogens is 3. The summed E-state index contributed by atoms with van der Waals surface area (Å²) in [4.78, 5) is 32.0. The predicted molar refractivity (Wildman–Crippen MR) is 96.6 cm³/mol. The van der Waals surface area contributed by atoms with Gasteiger partial charge in [-0.2, -0.15) is 0 Å². The van der Waals surface area contributed by atoms with E-state index in [1.165, 1.54) is 10.9 Å². The van der Waals surface area contributed by atoms with Crippen LogP contribution in [-0.2, 0) is 6.54 Å². The fourth-order valence-electron chi connectivity index (χ4n) is 2.85. The summed E-state index contributed by atoms with van der Waals surface area (Å²) in [6, 6.07) is 14.7. The van der Waals surface area contributed by atoms with Gasteiger partial charge in [-0.15, -0.1) is 0 Å². The molecule has 0 aliphatic heterocycles. The largest absolute Gasteiger partial charge is 0.361 e. The summed E-state index contributed by atoms with van der Waals surface area (Å²) in [5, 5.41) is 4.48. The number of hydrogen-bond donors (Lipinski definition) is 2. The van der Waals surface area contributed by atoms with Crippen molar-refractivity contribution in [3.63, 3.8) is 0 Å². The SMILES string of the molecule is O=C(NCCn1cnc2ccccc2c1=O)c1ccc2cc[nH]c2c1. The van der Waals surface area contributed by atoms with E-state index in [1.807, 2.05) is 36.5 Å². The number of rotatable bonds is 4. The van der Waals surface area contributed by atoms with E-state index in [0.29, 0.717) is 29.6 Å². The molecule has 25 heavy (non-hydrogen) atoms. The number of para-hydroxylation sites is 1. The van der Waals surface area contributed by atoms with Crippen LogP contribution in [0.5, 0.6) is 0 Å². The van der Waals surface area contributed by atoms with E-state index in [1.54, 1.807) is 18.2 Å². The second-order valence-electron chi connectivity index (χ2n) is 5.80. The van der Waals surface area contributed by atoms with E-state index in [2.05, 4.69) is 15.3 Å². The summed E-state index contributed by atoms with van der Waals surface area (Å²) in [6.07, 6.45) is 3.35. The number of benzene rings is 2. The maximum absolute atomic E-state index is 12.4. The van der Waals surface area contributed by atoms with Crippen LogP contribution in [0.15, 0.2) is 65.8 Å². The zero-order valence-electron chi connectivity index (χ0n) is 13.4. The van der Waals surface area contributed by atoms with Crippen molar-refractivity contribution in [2.45, 2.75) is 6.54 Å². The summed E-state index contributed by atoms with van der Waals surface area (Å²) in [6.45, 7) is 0.717. The average Bonchev–Trinajstić information content (AvgIpc) is 3.11. The molecule has 4 rings (SSSR count). The molecule has 2 aromatic carbocycles. The van der Waals surface area contributed by atoms with Gasteiger partial charge in [0.15, 0.2) is 0 Å². The Morgan fingerprint density at radius 3 is 2.96 bits per heavy atom. The summed E-state index contributed by atoms with van der Waals surface area (Å²) in [5.74, 6) is -0.168. The highest BCUT2D eigenvalue weighted by atomic mass is 16.1. The van der Waals surface area contributed by atoms with Crippen LogP contribution in [0.25, 0.3) is 21.8 Å². The Bertz CT molecular complexity index is 1130. The molecule has 0 saturated heterocycles. The Labute approximate surface area is 143 Å². The molecular weight excluding hydrogens is 316 g/mol. The van der Waals surface area contributed by atoms with Gasteiger partial charge in [0, 0.05) is 30.4 Å². The Balaban J connectivity index is 1.46. The highest BCUT2D eigenvalue weighted by molar-refractivity contribution is 5.97. The number of fused-ring (bicyclic) bond motifs is 2. The topological polar surface area (TPSA) is 79.8 Å². The fourth-order valence-corrected chi connectivity index (χ4v) is 2.85. The second kappa shape index (κ2) is 6.24. The maximum atomic E-state index is 12.4. The lowest BCUT2D eigenvalue weighted by molar-refractivity contribution is 0.0952. The van der Waals surface area contributed by atoms with E-state index in [9.17, 15) is 9.59 Å². The number of aromatic amines is 1. The summed E-state index contributed by atoms with van der Waals surface area (Å²) in [7, 11) is 0. The molecule has 0 radical (unpaired) electrons. The van der Waals surface area contributed by atoms with Gasteiger partial charge in [0.25, 0.3) is 11.5 Å².